The minimum absolute atomic E-state index is 0.0269. The van der Waals surface area contributed by atoms with Gasteiger partial charge < -0.3 is 10.6 Å². The lowest BCUT2D eigenvalue weighted by molar-refractivity contribution is 0.749. The number of halogens is 1. The summed E-state index contributed by atoms with van der Waals surface area (Å²) in [5.74, 6) is 0. The Bertz CT molecular complexity index is 627. The summed E-state index contributed by atoms with van der Waals surface area (Å²) in [4.78, 5) is 0. The molecule has 2 nitrogen and oxygen atoms in total. The number of benzene rings is 1. The zero-order chi connectivity index (χ0) is 20.8. The second-order valence-corrected chi connectivity index (χ2v) is 6.45. The molecule has 0 fully saturated rings. The van der Waals surface area contributed by atoms with E-state index in [4.69, 9.17) is 11.6 Å². The molecule has 27 heavy (non-hydrogen) atoms. The number of allylic oxidation sites excluding steroid dienone is 3. The molecule has 152 valence electrons. The summed E-state index contributed by atoms with van der Waals surface area (Å²) in [5.41, 5.74) is 6.25. The van der Waals surface area contributed by atoms with Crippen molar-refractivity contribution < 1.29 is 0 Å². The summed E-state index contributed by atoms with van der Waals surface area (Å²) in [6, 6.07) is 6.48. The van der Waals surface area contributed by atoms with E-state index in [1.807, 2.05) is 40.7 Å². The summed E-state index contributed by atoms with van der Waals surface area (Å²) < 4.78 is 0. The highest BCUT2D eigenvalue weighted by Crippen LogP contribution is 2.32. The fourth-order valence-electron chi connectivity index (χ4n) is 2.91. The smallest absolute Gasteiger partial charge is 0.123 e. The van der Waals surface area contributed by atoms with Crippen molar-refractivity contribution in [1.29, 1.82) is 0 Å². The zero-order valence-corrected chi connectivity index (χ0v) is 19.2. The van der Waals surface area contributed by atoms with Crippen molar-refractivity contribution in [2.24, 2.45) is 0 Å². The normalized spacial score (nSPS) is 18.3. The Morgan fingerprint density at radius 3 is 2.33 bits per heavy atom. The molecule has 0 bridgehead atoms. The Balaban J connectivity index is 0.00000158. The van der Waals surface area contributed by atoms with Gasteiger partial charge in [-0.15, -0.1) is 11.6 Å². The van der Waals surface area contributed by atoms with E-state index in [1.165, 1.54) is 28.1 Å². The summed E-state index contributed by atoms with van der Waals surface area (Å²) in [6.45, 7) is 16.4. The van der Waals surface area contributed by atoms with Gasteiger partial charge in [0.1, 0.15) is 6.17 Å². The molecule has 0 aromatic heterocycles. The lowest BCUT2D eigenvalue weighted by Gasteiger charge is -2.33. The quantitative estimate of drug-likeness (QED) is 0.401. The van der Waals surface area contributed by atoms with Crippen molar-refractivity contribution in [3.8, 4) is 0 Å². The van der Waals surface area contributed by atoms with Crippen LogP contribution in [-0.2, 0) is 6.42 Å². The Kier molecular flexibility index (Phi) is 13.5. The first-order valence-corrected chi connectivity index (χ1v) is 10.9. The van der Waals surface area contributed by atoms with E-state index in [9.17, 15) is 0 Å². The van der Waals surface area contributed by atoms with Crippen molar-refractivity contribution >= 4 is 23.0 Å². The summed E-state index contributed by atoms with van der Waals surface area (Å²) in [5, 5.41) is 7.29. The van der Waals surface area contributed by atoms with E-state index in [0.29, 0.717) is 0 Å². The third kappa shape index (κ3) is 7.46. The third-order valence-electron chi connectivity index (χ3n) is 4.02. The fourth-order valence-corrected chi connectivity index (χ4v) is 2.98. The monoisotopic (exact) mass is 390 g/mol. The highest BCUT2D eigenvalue weighted by molar-refractivity contribution is 6.21. The van der Waals surface area contributed by atoms with E-state index in [2.05, 4.69) is 67.8 Å². The van der Waals surface area contributed by atoms with Crippen molar-refractivity contribution in [2.45, 2.75) is 79.8 Å². The molecule has 0 saturated heterocycles. The number of hydrogen-bond acceptors (Lipinski definition) is 2. The molecule has 0 aliphatic carbocycles. The van der Waals surface area contributed by atoms with E-state index >= 15 is 0 Å². The number of aryl methyl sites for hydroxylation is 1. The first-order valence-electron chi connectivity index (χ1n) is 10.4. The second-order valence-electron chi connectivity index (χ2n) is 5.77. The van der Waals surface area contributed by atoms with Crippen LogP contribution >= 0.6 is 11.6 Å². The number of fused-ring (bicyclic) bond motifs is 1. The van der Waals surface area contributed by atoms with Crippen LogP contribution in [-0.4, -0.2) is 11.5 Å². The lowest BCUT2D eigenvalue weighted by Crippen LogP contribution is -2.40. The molecule has 3 heteroatoms. The van der Waals surface area contributed by atoms with Gasteiger partial charge >= 0.3 is 0 Å². The van der Waals surface area contributed by atoms with E-state index in [-0.39, 0.29) is 11.5 Å². The molecule has 0 radical (unpaired) electrons. The zero-order valence-electron chi connectivity index (χ0n) is 18.5. The van der Waals surface area contributed by atoms with E-state index < -0.39 is 0 Å². The topological polar surface area (TPSA) is 24.1 Å². The molecule has 1 heterocycles. The minimum Gasteiger partial charge on any atom is -0.361 e. The molecule has 2 rings (SSSR count). The molecule has 2 unspecified atom stereocenters. The fraction of sp³-hybridized carbons (Fsp3) is 0.500. The highest BCUT2D eigenvalue weighted by atomic mass is 35.5. The van der Waals surface area contributed by atoms with Gasteiger partial charge in [0.25, 0.3) is 0 Å². The van der Waals surface area contributed by atoms with E-state index in [0.717, 1.165) is 12.8 Å². The van der Waals surface area contributed by atoms with Crippen LogP contribution in [0.5, 0.6) is 0 Å². The van der Waals surface area contributed by atoms with Gasteiger partial charge in [-0.2, -0.15) is 0 Å². The molecule has 0 amide bonds. The molecule has 1 aromatic carbocycles. The molecule has 1 aromatic rings. The Labute approximate surface area is 172 Å². The summed E-state index contributed by atoms with van der Waals surface area (Å²) in [6.07, 6.45) is 10.6. The van der Waals surface area contributed by atoms with Gasteiger partial charge in [-0.3, -0.25) is 0 Å². The third-order valence-corrected chi connectivity index (χ3v) is 4.16. The SMILES string of the molecule is C/C=C1/NC(C(/C=C\C(C)Cl)=C/CC)Nc2cccc(CC)c21.CC.CC. The lowest BCUT2D eigenvalue weighted by atomic mass is 9.96. The van der Waals surface area contributed by atoms with Gasteiger partial charge in [-0.1, -0.05) is 78.0 Å². The average molecular weight is 391 g/mol. The van der Waals surface area contributed by atoms with Gasteiger partial charge in [0, 0.05) is 22.3 Å². The Morgan fingerprint density at radius 1 is 1.15 bits per heavy atom. The number of anilines is 1. The molecule has 2 atom stereocenters. The maximum Gasteiger partial charge on any atom is 0.123 e. The predicted octanol–water partition coefficient (Wildman–Crippen LogP) is 7.52. The van der Waals surface area contributed by atoms with Crippen molar-refractivity contribution in [2.75, 3.05) is 5.32 Å². The number of nitrogens with one attached hydrogen (secondary N) is 2. The predicted molar refractivity (Wildman–Crippen MR) is 126 cm³/mol. The maximum atomic E-state index is 6.07. The van der Waals surface area contributed by atoms with Crippen LogP contribution in [0.25, 0.3) is 5.70 Å². The van der Waals surface area contributed by atoms with Crippen LogP contribution < -0.4 is 10.6 Å². The number of rotatable bonds is 5. The van der Waals surface area contributed by atoms with Crippen molar-refractivity contribution in [3.05, 3.63) is 59.2 Å². The first kappa shape index (κ1) is 25.3. The van der Waals surface area contributed by atoms with Crippen LogP contribution in [0.1, 0.15) is 72.9 Å². The van der Waals surface area contributed by atoms with Crippen molar-refractivity contribution in [3.63, 3.8) is 0 Å². The van der Waals surface area contributed by atoms with Gasteiger partial charge in [0.15, 0.2) is 0 Å². The molecule has 0 saturated carbocycles. The standard InChI is InChI=1S/C20H27ClN2.2C2H6/c1-5-9-16(13-12-14(4)21)20-22-17(7-3)19-15(6-2)10-8-11-18(19)23-20;2*1-2/h7-14,20,22-23H,5-6H2,1-4H3;2*1-2H3/b13-12-,16-9+,17-7+;;. The summed E-state index contributed by atoms with van der Waals surface area (Å²) >= 11 is 6.07. The molecule has 1 aliphatic heterocycles. The maximum absolute atomic E-state index is 6.07. The minimum atomic E-state index is 0.0269. The molecular formula is C24H39ClN2. The number of hydrogen-bond donors (Lipinski definition) is 2. The second kappa shape index (κ2) is 14.4. The molecule has 1 aliphatic rings. The molecule has 2 N–H and O–H groups in total. The van der Waals surface area contributed by atoms with Crippen LogP contribution in [0.15, 0.2) is 48.1 Å². The van der Waals surface area contributed by atoms with Crippen molar-refractivity contribution in [1.82, 2.24) is 5.32 Å². The Morgan fingerprint density at radius 2 is 1.81 bits per heavy atom. The van der Waals surface area contributed by atoms with Gasteiger partial charge in [-0.05, 0) is 43.9 Å². The molecular weight excluding hydrogens is 352 g/mol. The van der Waals surface area contributed by atoms with Crippen LogP contribution in [0.4, 0.5) is 5.69 Å². The van der Waals surface area contributed by atoms with Gasteiger partial charge in [-0.25, -0.2) is 0 Å². The van der Waals surface area contributed by atoms with Crippen LogP contribution in [0.3, 0.4) is 0 Å². The highest BCUT2D eigenvalue weighted by Gasteiger charge is 2.23. The average Bonchev–Trinajstić information content (AvgIpc) is 2.72. The first-order chi connectivity index (χ1) is 13.1. The largest absolute Gasteiger partial charge is 0.361 e. The van der Waals surface area contributed by atoms with E-state index in [1.54, 1.807) is 0 Å². The van der Waals surface area contributed by atoms with Crippen LogP contribution in [0.2, 0.25) is 0 Å². The summed E-state index contributed by atoms with van der Waals surface area (Å²) in [7, 11) is 0. The van der Waals surface area contributed by atoms with Gasteiger partial charge in [0.05, 0.1) is 0 Å². The Hall–Kier alpha value is -1.67. The van der Waals surface area contributed by atoms with Crippen LogP contribution in [0, 0.1) is 0 Å². The van der Waals surface area contributed by atoms with Gasteiger partial charge in [0.2, 0.25) is 0 Å². The number of alkyl halides is 1. The molecule has 0 spiro atoms.